The minimum absolute atomic E-state index is 0. The van der Waals surface area contributed by atoms with Crippen LogP contribution < -0.4 is 20.2 Å². The predicted molar refractivity (Wildman–Crippen MR) is 162 cm³/mol. The van der Waals surface area contributed by atoms with Crippen molar-refractivity contribution >= 4 is 51.2 Å². The molecule has 8 bridgehead atoms. The molecule has 0 fully saturated rings. The zero-order valence-electron chi connectivity index (χ0n) is 25.4. The molecule has 0 radical (unpaired) electrons. The average Bonchev–Trinajstić information content (AvgIpc) is 3.58. The Morgan fingerprint density at radius 2 is 1.44 bits per heavy atom. The molecule has 5 heterocycles. The number of carbonyl (C=O) groups excluding carboxylic acids is 2. The van der Waals surface area contributed by atoms with Gasteiger partial charge in [-0.1, -0.05) is 66.3 Å². The van der Waals surface area contributed by atoms with Crippen LogP contribution in [0.15, 0.2) is 43.5 Å². The zero-order chi connectivity index (χ0) is 32.1. The summed E-state index contributed by atoms with van der Waals surface area (Å²) < 4.78 is 0. The molecule has 11 heteroatoms. The number of nitrogens with zero attached hydrogens (tertiary/aromatic N) is 4. The van der Waals surface area contributed by atoms with Crippen LogP contribution in [0.3, 0.4) is 0 Å². The summed E-state index contributed by atoms with van der Waals surface area (Å²) in [5.74, 6) is -2.65. The number of carboxylic acids is 2. The van der Waals surface area contributed by atoms with Crippen LogP contribution in [0.1, 0.15) is 78.1 Å². The van der Waals surface area contributed by atoms with Crippen molar-refractivity contribution in [2.75, 3.05) is 0 Å². The van der Waals surface area contributed by atoms with Crippen LogP contribution in [0.5, 0.6) is 0 Å². The molecule has 3 aromatic rings. The van der Waals surface area contributed by atoms with Crippen molar-refractivity contribution in [3.63, 3.8) is 0 Å². The van der Waals surface area contributed by atoms with Crippen LogP contribution >= 0.6 is 0 Å². The summed E-state index contributed by atoms with van der Waals surface area (Å²) in [7, 11) is 0. The predicted octanol–water partition coefficient (Wildman–Crippen LogP) is 2.25. The third kappa shape index (κ3) is 5.68. The van der Waals surface area contributed by atoms with Gasteiger partial charge in [0.1, 0.15) is 11.2 Å². The Morgan fingerprint density at radius 3 is 2.07 bits per heavy atom. The molecule has 10 nitrogen and oxygen atoms in total. The second kappa shape index (κ2) is 12.3. The quantitative estimate of drug-likeness (QED) is 0.345. The van der Waals surface area contributed by atoms with E-state index in [9.17, 15) is 30.0 Å². The number of rotatable bonds is 8. The first-order valence-electron chi connectivity index (χ1n) is 14.2. The van der Waals surface area contributed by atoms with E-state index in [1.54, 1.807) is 31.2 Å². The SMILES string of the molecule is C=CC1=C(C)c2cc3[n-]c(cc4nc(cc5[n-]c(cc1n2)c(C)c5CCC(=O)[O-])[C@](O)(CCC(=O)[O-])[C@@]4(C)O)c(C)c3C=C.[Fe+2]. The number of carboxylic acid groups (broad SMARTS) is 2. The van der Waals surface area contributed by atoms with Gasteiger partial charge in [0.15, 0.2) is 0 Å². The molecular formula is C34H32FeN4O6-2. The third-order valence-electron chi connectivity index (χ3n) is 8.74. The van der Waals surface area contributed by atoms with Crippen LogP contribution in [0.2, 0.25) is 0 Å². The number of hydrogen-bond donors (Lipinski definition) is 2. The second-order valence-corrected chi connectivity index (χ2v) is 11.4. The number of aliphatic hydroxyl groups is 2. The molecular weight excluding hydrogens is 616 g/mol. The summed E-state index contributed by atoms with van der Waals surface area (Å²) in [5.41, 5.74) is 3.46. The van der Waals surface area contributed by atoms with Gasteiger partial charge in [0.2, 0.25) is 0 Å². The maximum Gasteiger partial charge on any atom is 2.00 e. The Bertz CT molecular complexity index is 1950. The normalized spacial score (nSPS) is 19.2. The van der Waals surface area contributed by atoms with E-state index in [0.29, 0.717) is 44.6 Å². The van der Waals surface area contributed by atoms with Crippen LogP contribution in [0.25, 0.3) is 39.3 Å². The monoisotopic (exact) mass is 648 g/mol. The van der Waals surface area contributed by atoms with Crippen LogP contribution in [0, 0.1) is 13.8 Å². The van der Waals surface area contributed by atoms with Gasteiger partial charge in [-0.05, 0) is 64.5 Å². The number of aromatic nitrogens is 4. The van der Waals surface area contributed by atoms with Crippen LogP contribution in [-0.4, -0.2) is 32.1 Å². The minimum atomic E-state index is -2.15. The van der Waals surface area contributed by atoms with E-state index < -0.39 is 36.0 Å². The first-order valence-corrected chi connectivity index (χ1v) is 14.2. The molecule has 0 aliphatic carbocycles. The van der Waals surface area contributed by atoms with Crippen LogP contribution in [0.4, 0.5) is 0 Å². The van der Waals surface area contributed by atoms with E-state index in [1.807, 2.05) is 19.9 Å². The maximum atomic E-state index is 12.0. The number of aliphatic carboxylic acids is 2. The fourth-order valence-corrected chi connectivity index (χ4v) is 5.94. The van der Waals surface area contributed by atoms with Gasteiger partial charge < -0.3 is 40.0 Å². The van der Waals surface area contributed by atoms with Gasteiger partial charge in [-0.2, -0.15) is 0 Å². The molecule has 0 spiro atoms. The largest absolute Gasteiger partial charge is 2.00 e. The van der Waals surface area contributed by atoms with E-state index in [4.69, 9.17) is 15.0 Å². The summed E-state index contributed by atoms with van der Waals surface area (Å²) >= 11 is 0. The molecule has 0 amide bonds. The topological polar surface area (TPSA) is 175 Å². The fourth-order valence-electron chi connectivity index (χ4n) is 5.94. The summed E-state index contributed by atoms with van der Waals surface area (Å²) in [4.78, 5) is 41.9. The Kier molecular flexibility index (Phi) is 9.15. The molecule has 5 rings (SSSR count). The standard InChI is InChI=1S/C34H36N4O6.Fe/c1-7-20-17(3)23-13-27-21(8-2)18(4)25(37-27)15-29-33(6,43)34(44,12-11-32(41)42)30(38-29)16-28-22(9-10-31(39)40)19(5)24(36-28)14-26(20)35-23;/h7-8,13-16,43-44H,1-2,9-12H2,3-6H3,(H4,35,36,37,38,39,40,41,42);/q;+2/p-4/t33-,34+;/m0./s1. The number of aryl methyl sites for hydroxylation is 3. The minimum Gasteiger partial charge on any atom is -0.657 e. The average molecular weight is 648 g/mol. The van der Waals surface area contributed by atoms with E-state index in [0.717, 1.165) is 22.3 Å². The molecule has 2 aliphatic heterocycles. The zero-order valence-corrected chi connectivity index (χ0v) is 26.5. The number of carbonyl (C=O) groups is 2. The van der Waals surface area contributed by atoms with Gasteiger partial charge in [0.05, 0.1) is 22.8 Å². The van der Waals surface area contributed by atoms with Crippen molar-refractivity contribution in [2.24, 2.45) is 0 Å². The molecule has 2 aliphatic rings. The molecule has 0 saturated heterocycles. The Labute approximate surface area is 270 Å². The first-order chi connectivity index (χ1) is 20.7. The number of fused-ring (bicyclic) bond motifs is 8. The molecule has 0 saturated carbocycles. The third-order valence-corrected chi connectivity index (χ3v) is 8.74. The second-order valence-electron chi connectivity index (χ2n) is 11.4. The van der Waals surface area contributed by atoms with Crippen molar-refractivity contribution in [3.8, 4) is 0 Å². The van der Waals surface area contributed by atoms with Crippen molar-refractivity contribution in [1.82, 2.24) is 19.9 Å². The Balaban J connectivity index is 0.00000461. The Morgan fingerprint density at radius 1 is 0.844 bits per heavy atom. The van der Waals surface area contributed by atoms with Crippen molar-refractivity contribution < 1.29 is 47.1 Å². The van der Waals surface area contributed by atoms with Crippen molar-refractivity contribution in [2.45, 2.75) is 64.6 Å². The van der Waals surface area contributed by atoms with Gasteiger partial charge in [0, 0.05) is 17.5 Å². The molecule has 3 aromatic heterocycles. The van der Waals surface area contributed by atoms with E-state index in [1.165, 1.54) is 13.0 Å². The van der Waals surface area contributed by atoms with Gasteiger partial charge in [-0.15, -0.1) is 22.1 Å². The van der Waals surface area contributed by atoms with E-state index in [2.05, 4.69) is 18.1 Å². The molecule has 2 atom stereocenters. The molecule has 0 unspecified atom stereocenters. The van der Waals surface area contributed by atoms with E-state index in [-0.39, 0.29) is 41.3 Å². The van der Waals surface area contributed by atoms with Gasteiger partial charge in [-0.3, -0.25) is 4.98 Å². The first kappa shape index (κ1) is 33.6. The number of hydrogen-bond acceptors (Lipinski definition) is 8. The molecule has 45 heavy (non-hydrogen) atoms. The molecule has 2 N–H and O–H groups in total. The van der Waals surface area contributed by atoms with Crippen LogP contribution in [-0.2, 0) is 44.3 Å². The summed E-state index contributed by atoms with van der Waals surface area (Å²) in [5, 5.41) is 46.7. The Hall–Kier alpha value is -4.28. The van der Waals surface area contributed by atoms with Gasteiger partial charge >= 0.3 is 17.1 Å². The van der Waals surface area contributed by atoms with Gasteiger partial charge in [-0.25, -0.2) is 4.98 Å². The van der Waals surface area contributed by atoms with Crippen molar-refractivity contribution in [1.29, 1.82) is 0 Å². The molecule has 0 aromatic carbocycles. The smallest absolute Gasteiger partial charge is 0.657 e. The summed E-state index contributed by atoms with van der Waals surface area (Å²) in [6, 6.07) is 6.65. The van der Waals surface area contributed by atoms with Crippen molar-refractivity contribution in [3.05, 3.63) is 88.5 Å². The summed E-state index contributed by atoms with van der Waals surface area (Å²) in [6.45, 7) is 14.9. The van der Waals surface area contributed by atoms with Gasteiger partial charge in [0.25, 0.3) is 0 Å². The maximum absolute atomic E-state index is 12.0. The number of allylic oxidation sites excluding steroid dienone is 3. The molecule has 234 valence electrons. The summed E-state index contributed by atoms with van der Waals surface area (Å²) in [6.07, 6.45) is 2.23. The van der Waals surface area contributed by atoms with E-state index >= 15 is 0 Å². The fraction of sp³-hybridized carbons (Fsp3) is 0.294.